The molecule has 4 nitrogen and oxygen atoms in total. The van der Waals surface area contributed by atoms with Gasteiger partial charge in [-0.1, -0.05) is 0 Å². The number of thioether (sulfide) groups is 1. The topological polar surface area (TPSA) is 45.2 Å². The van der Waals surface area contributed by atoms with E-state index in [1.807, 2.05) is 26.1 Å². The molecule has 1 amide bonds. The molecule has 1 heterocycles. The number of pyridine rings is 1. The molecule has 0 unspecified atom stereocenters. The summed E-state index contributed by atoms with van der Waals surface area (Å²) in [6.07, 6.45) is 4.73. The second-order valence-corrected chi connectivity index (χ2v) is 5.02. The summed E-state index contributed by atoms with van der Waals surface area (Å²) in [6, 6.07) is 3.66. The lowest BCUT2D eigenvalue weighted by Gasteiger charge is -2.16. The zero-order chi connectivity index (χ0) is 13.4. The zero-order valence-electron chi connectivity index (χ0n) is 11.3. The maximum atomic E-state index is 12.1. The fourth-order valence-corrected chi connectivity index (χ4v) is 1.99. The molecular weight excluding hydrogens is 246 g/mol. The van der Waals surface area contributed by atoms with Crippen LogP contribution in [0.25, 0.3) is 0 Å². The monoisotopic (exact) mass is 267 g/mol. The molecule has 5 heteroatoms. The van der Waals surface area contributed by atoms with Crippen LogP contribution in [0.4, 0.5) is 5.82 Å². The molecule has 1 aromatic rings. The first-order chi connectivity index (χ1) is 8.69. The third-order valence-corrected chi connectivity index (χ3v) is 3.25. The third-order valence-electron chi connectivity index (χ3n) is 2.56. The molecule has 0 saturated carbocycles. The number of aromatic nitrogens is 1. The van der Waals surface area contributed by atoms with Gasteiger partial charge in [-0.15, -0.1) is 0 Å². The van der Waals surface area contributed by atoms with Crippen LogP contribution >= 0.6 is 11.8 Å². The molecule has 0 atom stereocenters. The Labute approximate surface area is 113 Å². The van der Waals surface area contributed by atoms with Crippen LogP contribution in [-0.2, 0) is 0 Å². The Balaban J connectivity index is 2.54. The van der Waals surface area contributed by atoms with Gasteiger partial charge in [-0.2, -0.15) is 11.8 Å². The van der Waals surface area contributed by atoms with Crippen molar-refractivity contribution in [2.45, 2.75) is 13.3 Å². The number of nitrogens with one attached hydrogen (secondary N) is 1. The Morgan fingerprint density at radius 2 is 2.28 bits per heavy atom. The van der Waals surface area contributed by atoms with Gasteiger partial charge in [0.1, 0.15) is 5.82 Å². The van der Waals surface area contributed by atoms with E-state index in [0.29, 0.717) is 5.56 Å². The molecule has 0 aliphatic heterocycles. The van der Waals surface area contributed by atoms with E-state index in [9.17, 15) is 4.79 Å². The maximum absolute atomic E-state index is 12.1. The second kappa shape index (κ2) is 7.97. The first-order valence-corrected chi connectivity index (χ1v) is 7.52. The fraction of sp³-hybridized carbons (Fsp3) is 0.538. The maximum Gasteiger partial charge on any atom is 0.255 e. The molecule has 0 spiro atoms. The highest BCUT2D eigenvalue weighted by atomic mass is 32.2. The van der Waals surface area contributed by atoms with E-state index >= 15 is 0 Å². The van der Waals surface area contributed by atoms with Crippen molar-refractivity contribution in [1.82, 2.24) is 9.88 Å². The molecule has 0 radical (unpaired) electrons. The first kappa shape index (κ1) is 14.8. The van der Waals surface area contributed by atoms with Gasteiger partial charge in [-0.05, 0) is 37.5 Å². The highest BCUT2D eigenvalue weighted by Gasteiger charge is 2.11. The van der Waals surface area contributed by atoms with Crippen LogP contribution in [0, 0.1) is 0 Å². The third kappa shape index (κ3) is 4.56. The van der Waals surface area contributed by atoms with Gasteiger partial charge >= 0.3 is 0 Å². The minimum Gasteiger partial charge on any atom is -0.370 e. The van der Waals surface area contributed by atoms with Crippen molar-refractivity contribution in [3.8, 4) is 0 Å². The number of anilines is 1. The summed E-state index contributed by atoms with van der Waals surface area (Å²) in [7, 11) is 1.83. The van der Waals surface area contributed by atoms with Crippen molar-refractivity contribution < 1.29 is 4.79 Å². The minimum atomic E-state index is 0.0339. The number of rotatable bonds is 7. The summed E-state index contributed by atoms with van der Waals surface area (Å²) in [5.74, 6) is 1.92. The van der Waals surface area contributed by atoms with E-state index in [2.05, 4.69) is 16.6 Å². The predicted molar refractivity (Wildman–Crippen MR) is 78.4 cm³/mol. The van der Waals surface area contributed by atoms with Crippen LogP contribution in [0.3, 0.4) is 0 Å². The van der Waals surface area contributed by atoms with Crippen molar-refractivity contribution in [2.75, 3.05) is 37.5 Å². The fourth-order valence-electron chi connectivity index (χ4n) is 1.57. The molecule has 0 aromatic carbocycles. The largest absolute Gasteiger partial charge is 0.370 e. The van der Waals surface area contributed by atoms with Gasteiger partial charge < -0.3 is 10.2 Å². The van der Waals surface area contributed by atoms with Crippen molar-refractivity contribution >= 4 is 23.5 Å². The molecule has 0 saturated heterocycles. The Morgan fingerprint density at radius 3 is 2.83 bits per heavy atom. The van der Waals surface area contributed by atoms with E-state index in [1.165, 1.54) is 0 Å². The van der Waals surface area contributed by atoms with Gasteiger partial charge in [0, 0.05) is 26.3 Å². The van der Waals surface area contributed by atoms with Gasteiger partial charge in [0.05, 0.1) is 5.56 Å². The Kier molecular flexibility index (Phi) is 6.57. The van der Waals surface area contributed by atoms with E-state index < -0.39 is 0 Å². The minimum absolute atomic E-state index is 0.0339. The summed E-state index contributed by atoms with van der Waals surface area (Å²) in [6.45, 7) is 3.63. The van der Waals surface area contributed by atoms with Crippen LogP contribution in [0.5, 0.6) is 0 Å². The Hall–Kier alpha value is -1.23. The summed E-state index contributed by atoms with van der Waals surface area (Å²) < 4.78 is 0. The van der Waals surface area contributed by atoms with E-state index in [1.54, 1.807) is 22.9 Å². The van der Waals surface area contributed by atoms with Crippen LogP contribution in [0.1, 0.15) is 23.7 Å². The highest BCUT2D eigenvalue weighted by Crippen LogP contribution is 2.08. The normalized spacial score (nSPS) is 10.2. The Morgan fingerprint density at radius 1 is 1.50 bits per heavy atom. The molecule has 0 fully saturated rings. The average molecular weight is 267 g/mol. The number of nitrogens with zero attached hydrogens (tertiary/aromatic N) is 2. The zero-order valence-corrected chi connectivity index (χ0v) is 12.1. The highest BCUT2D eigenvalue weighted by molar-refractivity contribution is 7.98. The number of amides is 1. The number of hydrogen-bond donors (Lipinski definition) is 1. The lowest BCUT2D eigenvalue weighted by atomic mass is 10.2. The van der Waals surface area contributed by atoms with E-state index in [4.69, 9.17) is 0 Å². The second-order valence-electron chi connectivity index (χ2n) is 4.04. The molecule has 0 aliphatic rings. The lowest BCUT2D eigenvalue weighted by molar-refractivity contribution is 0.0795. The van der Waals surface area contributed by atoms with Crippen LogP contribution in [0.2, 0.25) is 0 Å². The van der Waals surface area contributed by atoms with Crippen LogP contribution in [-0.4, -0.2) is 47.9 Å². The van der Waals surface area contributed by atoms with Gasteiger partial charge in [0.2, 0.25) is 0 Å². The van der Waals surface area contributed by atoms with Crippen LogP contribution in [0.15, 0.2) is 18.3 Å². The number of carbonyl (C=O) groups excluding carboxylic acids is 1. The van der Waals surface area contributed by atoms with Crippen molar-refractivity contribution in [1.29, 1.82) is 0 Å². The summed E-state index contributed by atoms with van der Waals surface area (Å²) in [5.41, 5.74) is 0.642. The smallest absolute Gasteiger partial charge is 0.255 e. The van der Waals surface area contributed by atoms with E-state index in [-0.39, 0.29) is 5.91 Å². The lowest BCUT2D eigenvalue weighted by Crippen LogP contribution is -2.28. The van der Waals surface area contributed by atoms with Crippen molar-refractivity contribution in [3.05, 3.63) is 23.9 Å². The van der Waals surface area contributed by atoms with Gasteiger partial charge in [0.15, 0.2) is 0 Å². The molecule has 18 heavy (non-hydrogen) atoms. The average Bonchev–Trinajstić information content (AvgIpc) is 2.39. The summed E-state index contributed by atoms with van der Waals surface area (Å²) in [4.78, 5) is 18.0. The molecular formula is C13H21N3OS. The first-order valence-electron chi connectivity index (χ1n) is 6.13. The molecule has 0 aliphatic carbocycles. The summed E-state index contributed by atoms with van der Waals surface area (Å²) >= 11 is 1.80. The Bertz CT molecular complexity index is 367. The molecule has 1 N–H and O–H groups in total. The predicted octanol–water partition coefficient (Wildman–Crippen LogP) is 2.34. The summed E-state index contributed by atoms with van der Waals surface area (Å²) in [5, 5.41) is 3.11. The SMILES string of the molecule is CCNc1ccc(C(=O)N(C)CCCSC)cn1. The van der Waals surface area contributed by atoms with Gasteiger partial charge in [-0.25, -0.2) is 4.98 Å². The molecule has 100 valence electrons. The van der Waals surface area contributed by atoms with Crippen LogP contribution < -0.4 is 5.32 Å². The number of carbonyl (C=O) groups is 1. The van der Waals surface area contributed by atoms with Crippen molar-refractivity contribution in [2.24, 2.45) is 0 Å². The molecule has 1 rings (SSSR count). The standard InChI is InChI=1S/C13H21N3OS/c1-4-14-12-7-6-11(10-15-12)13(17)16(2)8-5-9-18-3/h6-7,10H,4-5,8-9H2,1-3H3,(H,14,15). The quantitative estimate of drug-likeness (QED) is 0.770. The molecule has 0 bridgehead atoms. The van der Waals surface area contributed by atoms with Gasteiger partial charge in [0.25, 0.3) is 5.91 Å². The number of hydrogen-bond acceptors (Lipinski definition) is 4. The van der Waals surface area contributed by atoms with Crippen molar-refractivity contribution in [3.63, 3.8) is 0 Å². The van der Waals surface area contributed by atoms with E-state index in [0.717, 1.165) is 31.1 Å². The van der Waals surface area contributed by atoms with Gasteiger partial charge in [-0.3, -0.25) is 4.79 Å². The molecule has 1 aromatic heterocycles.